The van der Waals surface area contributed by atoms with E-state index in [-0.39, 0.29) is 0 Å². The van der Waals surface area contributed by atoms with Gasteiger partial charge in [-0.3, -0.25) is 0 Å². The molecule has 2 atom stereocenters. The topological polar surface area (TPSA) is 26.0 Å². The summed E-state index contributed by atoms with van der Waals surface area (Å²) in [6.07, 6.45) is 5.41. The standard InChI is InChI=1S/C16H22ClN/c1-10-5-13-6-11(2)9-16(13,8-10)12-3-4-15(18)14(17)7-12/h3-4,7,10-11,13H,5-6,8-9,18H2,1-2H3. The SMILES string of the molecule is CC1CC2CC(C)CC2(c2ccc(N)c(Cl)c2)C1. The number of rotatable bonds is 1. The summed E-state index contributed by atoms with van der Waals surface area (Å²) in [5.41, 5.74) is 8.36. The maximum atomic E-state index is 6.23. The zero-order valence-corrected chi connectivity index (χ0v) is 12.0. The van der Waals surface area contributed by atoms with Crippen molar-refractivity contribution < 1.29 is 0 Å². The predicted octanol–water partition coefficient (Wildman–Crippen LogP) is 4.64. The molecule has 1 nitrogen and oxygen atoms in total. The molecular weight excluding hydrogens is 242 g/mol. The average molecular weight is 264 g/mol. The van der Waals surface area contributed by atoms with E-state index in [1.165, 1.54) is 31.2 Å². The second-order valence-corrected chi connectivity index (χ2v) is 7.09. The van der Waals surface area contributed by atoms with Gasteiger partial charge in [-0.05, 0) is 66.5 Å². The second kappa shape index (κ2) is 4.16. The van der Waals surface area contributed by atoms with Gasteiger partial charge in [-0.2, -0.15) is 0 Å². The lowest BCUT2D eigenvalue weighted by Gasteiger charge is -2.31. The average Bonchev–Trinajstić information content (AvgIpc) is 2.74. The maximum absolute atomic E-state index is 6.23. The van der Waals surface area contributed by atoms with Crippen LogP contribution in [-0.4, -0.2) is 0 Å². The first-order chi connectivity index (χ1) is 8.51. The predicted molar refractivity (Wildman–Crippen MR) is 77.8 cm³/mol. The third-order valence-electron chi connectivity index (χ3n) is 5.16. The van der Waals surface area contributed by atoms with Crippen molar-refractivity contribution in [2.24, 2.45) is 17.8 Å². The lowest BCUT2D eigenvalue weighted by molar-refractivity contribution is 0.364. The molecule has 1 aromatic rings. The molecule has 0 bridgehead atoms. The highest BCUT2D eigenvalue weighted by Crippen LogP contribution is 2.59. The van der Waals surface area contributed by atoms with Crippen LogP contribution < -0.4 is 5.73 Å². The van der Waals surface area contributed by atoms with E-state index in [4.69, 9.17) is 17.3 Å². The fraction of sp³-hybridized carbons (Fsp3) is 0.625. The first kappa shape index (κ1) is 12.3. The molecule has 2 unspecified atom stereocenters. The van der Waals surface area contributed by atoms with Gasteiger partial charge in [-0.1, -0.05) is 31.5 Å². The minimum atomic E-state index is 0.385. The van der Waals surface area contributed by atoms with Crippen molar-refractivity contribution in [2.75, 3.05) is 5.73 Å². The summed E-state index contributed by atoms with van der Waals surface area (Å²) in [7, 11) is 0. The molecule has 0 spiro atoms. The van der Waals surface area contributed by atoms with E-state index in [1.807, 2.05) is 6.07 Å². The van der Waals surface area contributed by atoms with Crippen LogP contribution in [0.4, 0.5) is 5.69 Å². The molecule has 2 fully saturated rings. The van der Waals surface area contributed by atoms with Crippen LogP contribution in [0.5, 0.6) is 0 Å². The van der Waals surface area contributed by atoms with E-state index in [9.17, 15) is 0 Å². The van der Waals surface area contributed by atoms with Crippen molar-refractivity contribution in [2.45, 2.75) is 44.9 Å². The highest BCUT2D eigenvalue weighted by molar-refractivity contribution is 6.33. The Hall–Kier alpha value is -0.690. The molecule has 0 aliphatic heterocycles. The van der Waals surface area contributed by atoms with Crippen molar-refractivity contribution in [3.05, 3.63) is 28.8 Å². The first-order valence-electron chi connectivity index (χ1n) is 7.07. The Balaban J connectivity index is 2.04. The molecule has 0 heterocycles. The van der Waals surface area contributed by atoms with Crippen molar-refractivity contribution in [1.29, 1.82) is 0 Å². The molecule has 2 saturated carbocycles. The number of nitrogens with two attached hydrogens (primary N) is 1. The van der Waals surface area contributed by atoms with E-state index in [0.717, 1.165) is 22.8 Å². The number of hydrogen-bond donors (Lipinski definition) is 1. The Labute approximate surface area is 115 Å². The molecule has 1 aromatic carbocycles. The Kier molecular flexibility index (Phi) is 2.85. The first-order valence-corrected chi connectivity index (χ1v) is 7.44. The third kappa shape index (κ3) is 1.75. The van der Waals surface area contributed by atoms with Crippen LogP contribution in [0.1, 0.15) is 45.1 Å². The van der Waals surface area contributed by atoms with Gasteiger partial charge in [0.2, 0.25) is 0 Å². The number of fused-ring (bicyclic) bond motifs is 1. The van der Waals surface area contributed by atoms with Crippen LogP contribution in [0, 0.1) is 17.8 Å². The molecule has 0 aromatic heterocycles. The highest BCUT2D eigenvalue weighted by atomic mass is 35.5. The normalized spacial score (nSPS) is 38.9. The van der Waals surface area contributed by atoms with Crippen molar-refractivity contribution in [3.8, 4) is 0 Å². The molecule has 0 amide bonds. The Bertz CT molecular complexity index is 454. The molecule has 2 aliphatic carbocycles. The minimum Gasteiger partial charge on any atom is -0.398 e. The fourth-order valence-electron chi connectivity index (χ4n) is 4.65. The summed E-state index contributed by atoms with van der Waals surface area (Å²) in [5.74, 6) is 2.54. The largest absolute Gasteiger partial charge is 0.398 e. The van der Waals surface area contributed by atoms with E-state index >= 15 is 0 Å². The lowest BCUT2D eigenvalue weighted by Crippen LogP contribution is -2.25. The zero-order chi connectivity index (χ0) is 12.9. The van der Waals surface area contributed by atoms with Gasteiger partial charge in [0.05, 0.1) is 10.7 Å². The van der Waals surface area contributed by atoms with Crippen LogP contribution in [0.2, 0.25) is 5.02 Å². The van der Waals surface area contributed by atoms with Crippen LogP contribution in [0.3, 0.4) is 0 Å². The van der Waals surface area contributed by atoms with Gasteiger partial charge in [0.25, 0.3) is 0 Å². The van der Waals surface area contributed by atoms with Crippen molar-refractivity contribution >= 4 is 17.3 Å². The lowest BCUT2D eigenvalue weighted by atomic mass is 9.73. The van der Waals surface area contributed by atoms with Crippen molar-refractivity contribution in [1.82, 2.24) is 0 Å². The summed E-state index contributed by atoms with van der Waals surface area (Å²) < 4.78 is 0. The number of hydrogen-bond acceptors (Lipinski definition) is 1. The molecule has 0 saturated heterocycles. The fourth-order valence-corrected chi connectivity index (χ4v) is 4.83. The molecule has 98 valence electrons. The number of benzene rings is 1. The molecule has 0 radical (unpaired) electrons. The molecule has 2 heteroatoms. The van der Waals surface area contributed by atoms with Crippen LogP contribution >= 0.6 is 11.6 Å². The van der Waals surface area contributed by atoms with Crippen LogP contribution in [-0.2, 0) is 5.41 Å². The van der Waals surface area contributed by atoms with Gasteiger partial charge >= 0.3 is 0 Å². The molecule has 2 N–H and O–H groups in total. The van der Waals surface area contributed by atoms with Crippen molar-refractivity contribution in [3.63, 3.8) is 0 Å². The van der Waals surface area contributed by atoms with Crippen LogP contribution in [0.25, 0.3) is 0 Å². The molecule has 2 aliphatic rings. The smallest absolute Gasteiger partial charge is 0.0638 e. The molecule has 3 rings (SSSR count). The summed E-state index contributed by atoms with van der Waals surface area (Å²) >= 11 is 6.23. The summed E-state index contributed by atoms with van der Waals surface area (Å²) in [6.45, 7) is 4.79. The highest BCUT2D eigenvalue weighted by Gasteiger charge is 2.51. The number of halogens is 1. The van der Waals surface area contributed by atoms with Gasteiger partial charge in [0.15, 0.2) is 0 Å². The summed E-state index contributed by atoms with van der Waals surface area (Å²) in [6, 6.07) is 6.32. The number of nitrogen functional groups attached to an aromatic ring is 1. The van der Waals surface area contributed by atoms with Gasteiger partial charge in [0.1, 0.15) is 0 Å². The van der Waals surface area contributed by atoms with Gasteiger partial charge < -0.3 is 5.73 Å². The Morgan fingerprint density at radius 3 is 2.33 bits per heavy atom. The van der Waals surface area contributed by atoms with Gasteiger partial charge in [-0.25, -0.2) is 0 Å². The number of anilines is 1. The third-order valence-corrected chi connectivity index (χ3v) is 5.48. The van der Waals surface area contributed by atoms with E-state index in [2.05, 4.69) is 26.0 Å². The monoisotopic (exact) mass is 263 g/mol. The van der Waals surface area contributed by atoms with Gasteiger partial charge in [-0.15, -0.1) is 0 Å². The Morgan fingerprint density at radius 1 is 1.17 bits per heavy atom. The van der Waals surface area contributed by atoms with Crippen LogP contribution in [0.15, 0.2) is 18.2 Å². The van der Waals surface area contributed by atoms with Gasteiger partial charge in [0, 0.05) is 0 Å². The molecule has 18 heavy (non-hydrogen) atoms. The molecular formula is C16H22ClN. The second-order valence-electron chi connectivity index (χ2n) is 6.68. The Morgan fingerprint density at radius 2 is 1.78 bits per heavy atom. The van der Waals surface area contributed by atoms with E-state index in [0.29, 0.717) is 11.1 Å². The minimum absolute atomic E-state index is 0.385. The van der Waals surface area contributed by atoms with E-state index in [1.54, 1.807) is 0 Å². The quantitative estimate of drug-likeness (QED) is 0.734. The summed E-state index contributed by atoms with van der Waals surface area (Å²) in [5, 5.41) is 0.722. The van der Waals surface area contributed by atoms with E-state index < -0.39 is 0 Å². The summed E-state index contributed by atoms with van der Waals surface area (Å²) in [4.78, 5) is 0. The zero-order valence-electron chi connectivity index (χ0n) is 11.2. The maximum Gasteiger partial charge on any atom is 0.0638 e.